The van der Waals surface area contributed by atoms with Crippen LogP contribution in [0.4, 0.5) is 0 Å². The van der Waals surface area contributed by atoms with Gasteiger partial charge in [0.25, 0.3) is 0 Å². The summed E-state index contributed by atoms with van der Waals surface area (Å²) in [5, 5.41) is 6.91. The molecule has 0 aliphatic carbocycles. The molecule has 0 radical (unpaired) electrons. The number of fused-ring (bicyclic) bond motifs is 9. The second kappa shape index (κ2) is 14.2. The second-order valence-electron chi connectivity index (χ2n) is 15.9. The molecule has 13 aromatic rings. The third-order valence-corrected chi connectivity index (χ3v) is 13.5. The van der Waals surface area contributed by atoms with Crippen LogP contribution >= 0.6 is 11.3 Å². The van der Waals surface area contributed by atoms with Crippen LogP contribution in [0.3, 0.4) is 0 Å². The van der Waals surface area contributed by atoms with Crippen LogP contribution in [0.15, 0.2) is 211 Å². The Kier molecular flexibility index (Phi) is 8.01. The second-order valence-corrected chi connectivity index (χ2v) is 16.9. The van der Waals surface area contributed by atoms with Crippen molar-refractivity contribution in [2.75, 3.05) is 0 Å². The fourth-order valence-corrected chi connectivity index (χ4v) is 10.7. The van der Waals surface area contributed by atoms with E-state index in [0.29, 0.717) is 17.5 Å². The summed E-state index contributed by atoms with van der Waals surface area (Å²) < 4.78 is 11.3. The minimum Gasteiger partial charge on any atom is -0.456 e. The zero-order chi connectivity index (χ0) is 41.4. The van der Waals surface area contributed by atoms with Crippen molar-refractivity contribution in [3.63, 3.8) is 0 Å². The molecule has 294 valence electrons. The number of furan rings is 1. The Bertz CT molecular complexity index is 3880. The number of benzene rings is 9. The normalized spacial score (nSPS) is 11.8. The average Bonchev–Trinajstić information content (AvgIpc) is 4.04. The Labute approximate surface area is 365 Å². The topological polar surface area (TPSA) is 56.7 Å². The first-order chi connectivity index (χ1) is 31.2. The fourth-order valence-electron chi connectivity index (χ4n) is 9.50. The molecule has 4 heterocycles. The molecule has 0 unspecified atom stereocenters. The van der Waals surface area contributed by atoms with Gasteiger partial charge in [0.2, 0.25) is 0 Å². The summed E-state index contributed by atoms with van der Waals surface area (Å²) in [5.74, 6) is 1.77. The van der Waals surface area contributed by atoms with Crippen LogP contribution < -0.4 is 0 Å². The quantitative estimate of drug-likeness (QED) is 0.168. The van der Waals surface area contributed by atoms with Gasteiger partial charge in [-0.2, -0.15) is 0 Å². The molecule has 0 atom stereocenters. The number of aromatic nitrogens is 4. The Morgan fingerprint density at radius 2 is 0.889 bits per heavy atom. The summed E-state index contributed by atoms with van der Waals surface area (Å²) >= 11 is 1.83. The van der Waals surface area contributed by atoms with Crippen molar-refractivity contribution in [3.05, 3.63) is 206 Å². The number of hydrogen-bond acceptors (Lipinski definition) is 5. The molecular weight excluding hydrogens is 789 g/mol. The van der Waals surface area contributed by atoms with E-state index in [0.717, 1.165) is 66.6 Å². The van der Waals surface area contributed by atoms with E-state index < -0.39 is 0 Å². The van der Waals surface area contributed by atoms with Crippen LogP contribution in [-0.4, -0.2) is 19.5 Å². The van der Waals surface area contributed by atoms with Gasteiger partial charge in [-0.15, -0.1) is 11.3 Å². The zero-order valence-corrected chi connectivity index (χ0v) is 34.6. The van der Waals surface area contributed by atoms with E-state index >= 15 is 0 Å². The van der Waals surface area contributed by atoms with E-state index in [1.165, 1.54) is 42.0 Å². The summed E-state index contributed by atoms with van der Waals surface area (Å²) in [5.41, 5.74) is 12.1. The number of thiophene rings is 1. The molecular formula is C57H34N4OS. The summed E-state index contributed by atoms with van der Waals surface area (Å²) in [4.78, 5) is 16.2. The van der Waals surface area contributed by atoms with Gasteiger partial charge in [0.15, 0.2) is 17.5 Å². The van der Waals surface area contributed by atoms with E-state index in [9.17, 15) is 0 Å². The number of nitrogens with zero attached hydrogens (tertiary/aromatic N) is 4. The highest BCUT2D eigenvalue weighted by Gasteiger charge is 2.23. The van der Waals surface area contributed by atoms with E-state index in [4.69, 9.17) is 19.4 Å². The van der Waals surface area contributed by atoms with Crippen molar-refractivity contribution in [3.8, 4) is 62.1 Å². The standard InChI is InChI=1S/C57H34N4OS/c1-2-17-35(18-3-1)37-19-4-6-24-42(37)55-58-56(60-57(59-55)45-27-16-31-51-53(45)44-26-10-14-30-50(44)62-51)43-25-7-5-20-38(43)46-33-36(34-47-41-23-11-15-32-52(41)63-54(46)47)61-48-28-12-8-21-39(48)40-22-9-13-29-49(40)61/h1-34H. The fraction of sp³-hybridized carbons (Fsp3) is 0. The lowest BCUT2D eigenvalue weighted by Gasteiger charge is -2.16. The highest BCUT2D eigenvalue weighted by molar-refractivity contribution is 7.26. The molecule has 4 aromatic heterocycles. The molecule has 0 bridgehead atoms. The van der Waals surface area contributed by atoms with Gasteiger partial charge in [-0.25, -0.2) is 15.0 Å². The van der Waals surface area contributed by atoms with Crippen LogP contribution in [-0.2, 0) is 0 Å². The molecule has 0 fully saturated rings. The molecule has 13 rings (SSSR count). The molecule has 6 heteroatoms. The van der Waals surface area contributed by atoms with Gasteiger partial charge >= 0.3 is 0 Å². The number of para-hydroxylation sites is 3. The average molecular weight is 823 g/mol. The van der Waals surface area contributed by atoms with Crippen molar-refractivity contribution in [2.24, 2.45) is 0 Å². The molecule has 0 saturated heterocycles. The first kappa shape index (κ1) is 35.6. The number of hydrogen-bond donors (Lipinski definition) is 0. The molecule has 0 saturated carbocycles. The molecule has 63 heavy (non-hydrogen) atoms. The molecule has 5 nitrogen and oxygen atoms in total. The Hall–Kier alpha value is -8.19. The van der Waals surface area contributed by atoms with Crippen molar-refractivity contribution in [1.82, 2.24) is 19.5 Å². The lowest BCUT2D eigenvalue weighted by Crippen LogP contribution is -2.02. The summed E-state index contributed by atoms with van der Waals surface area (Å²) in [6.07, 6.45) is 0. The summed E-state index contributed by atoms with van der Waals surface area (Å²) in [6.45, 7) is 0. The monoisotopic (exact) mass is 822 g/mol. The first-order valence-electron chi connectivity index (χ1n) is 21.1. The minimum absolute atomic E-state index is 0.580. The van der Waals surface area contributed by atoms with Crippen molar-refractivity contribution >= 4 is 75.3 Å². The zero-order valence-electron chi connectivity index (χ0n) is 33.7. The lowest BCUT2D eigenvalue weighted by atomic mass is 9.96. The maximum atomic E-state index is 6.39. The Morgan fingerprint density at radius 3 is 1.62 bits per heavy atom. The Balaban J connectivity index is 1.10. The maximum absolute atomic E-state index is 6.39. The van der Waals surface area contributed by atoms with Crippen LogP contribution in [0.5, 0.6) is 0 Å². The van der Waals surface area contributed by atoms with Gasteiger partial charge in [0.1, 0.15) is 11.2 Å². The smallest absolute Gasteiger partial charge is 0.164 e. The lowest BCUT2D eigenvalue weighted by molar-refractivity contribution is 0.669. The van der Waals surface area contributed by atoms with E-state index in [1.54, 1.807) is 0 Å². The summed E-state index contributed by atoms with van der Waals surface area (Å²) in [6, 6.07) is 72.6. The van der Waals surface area contributed by atoms with Gasteiger partial charge in [-0.05, 0) is 59.2 Å². The predicted octanol–water partition coefficient (Wildman–Crippen LogP) is 15.6. The van der Waals surface area contributed by atoms with Crippen LogP contribution in [0.25, 0.3) is 126 Å². The van der Waals surface area contributed by atoms with E-state index in [-0.39, 0.29) is 0 Å². The molecule has 0 spiro atoms. The first-order valence-corrected chi connectivity index (χ1v) is 21.9. The molecule has 0 aliphatic rings. The van der Waals surface area contributed by atoms with Gasteiger partial charge in [-0.3, -0.25) is 0 Å². The largest absolute Gasteiger partial charge is 0.456 e. The van der Waals surface area contributed by atoms with Crippen LogP contribution in [0.2, 0.25) is 0 Å². The molecule has 0 N–H and O–H groups in total. The van der Waals surface area contributed by atoms with E-state index in [2.05, 4.69) is 174 Å². The van der Waals surface area contributed by atoms with Gasteiger partial charge in [-0.1, -0.05) is 164 Å². The SMILES string of the molecule is c1ccc(-c2ccccc2-c2nc(-c3ccccc3-c3cc(-n4c5ccccc5c5ccccc54)cc4c3sc3ccccc34)nc(-c3cccc4oc5ccccc5c34)n2)cc1. The van der Waals surface area contributed by atoms with Crippen molar-refractivity contribution in [1.29, 1.82) is 0 Å². The number of rotatable bonds is 6. The summed E-state index contributed by atoms with van der Waals surface area (Å²) in [7, 11) is 0. The Morgan fingerprint density at radius 1 is 0.365 bits per heavy atom. The molecule has 0 aliphatic heterocycles. The predicted molar refractivity (Wildman–Crippen MR) is 262 cm³/mol. The third-order valence-electron chi connectivity index (χ3n) is 12.3. The maximum Gasteiger partial charge on any atom is 0.164 e. The van der Waals surface area contributed by atoms with Gasteiger partial charge in [0, 0.05) is 69.7 Å². The highest BCUT2D eigenvalue weighted by Crippen LogP contribution is 2.46. The van der Waals surface area contributed by atoms with Crippen LogP contribution in [0.1, 0.15) is 0 Å². The van der Waals surface area contributed by atoms with Gasteiger partial charge < -0.3 is 8.98 Å². The van der Waals surface area contributed by atoms with Crippen molar-refractivity contribution in [2.45, 2.75) is 0 Å². The van der Waals surface area contributed by atoms with Gasteiger partial charge in [0.05, 0.1) is 11.0 Å². The highest BCUT2D eigenvalue weighted by atomic mass is 32.1. The molecule has 9 aromatic carbocycles. The third kappa shape index (κ3) is 5.66. The molecule has 0 amide bonds. The van der Waals surface area contributed by atoms with E-state index in [1.807, 2.05) is 47.7 Å². The van der Waals surface area contributed by atoms with Crippen molar-refractivity contribution < 1.29 is 4.42 Å². The minimum atomic E-state index is 0.580. The van der Waals surface area contributed by atoms with Crippen LogP contribution in [0, 0.1) is 0 Å².